The summed E-state index contributed by atoms with van der Waals surface area (Å²) in [5, 5.41) is 0. The zero-order valence-corrected chi connectivity index (χ0v) is 11.0. The second-order valence-electron chi connectivity index (χ2n) is 6.07. The monoisotopic (exact) mass is 226 g/mol. The Hall–Kier alpha value is -0.0800. The molecule has 0 aromatic heterocycles. The number of hydrogen-bond acceptors (Lipinski definition) is 2. The number of hydrogen-bond donors (Lipinski definition) is 0. The molecule has 1 aliphatic heterocycles. The molecule has 0 atom stereocenters. The molecule has 2 heteroatoms. The molecule has 94 valence electrons. The summed E-state index contributed by atoms with van der Waals surface area (Å²) < 4.78 is 11.6. The van der Waals surface area contributed by atoms with Gasteiger partial charge in [-0.05, 0) is 31.1 Å². The highest BCUT2D eigenvalue weighted by atomic mass is 16.7. The molecule has 16 heavy (non-hydrogen) atoms. The van der Waals surface area contributed by atoms with Crippen LogP contribution in [0.3, 0.4) is 0 Å². The van der Waals surface area contributed by atoms with Gasteiger partial charge < -0.3 is 9.47 Å². The summed E-state index contributed by atoms with van der Waals surface area (Å²) in [5.41, 5.74) is 0.270. The summed E-state index contributed by atoms with van der Waals surface area (Å²) in [6.07, 6.45) is 6.52. The van der Waals surface area contributed by atoms with Gasteiger partial charge in [0.1, 0.15) is 0 Å². The van der Waals surface area contributed by atoms with E-state index in [0.717, 1.165) is 31.5 Å². The van der Waals surface area contributed by atoms with E-state index >= 15 is 0 Å². The Balaban J connectivity index is 1.88. The summed E-state index contributed by atoms with van der Waals surface area (Å²) in [5.74, 6) is 1.73. The van der Waals surface area contributed by atoms with Crippen LogP contribution in [-0.2, 0) is 9.47 Å². The number of ether oxygens (including phenoxy) is 2. The van der Waals surface area contributed by atoms with Crippen molar-refractivity contribution in [1.82, 2.24) is 0 Å². The summed E-state index contributed by atoms with van der Waals surface area (Å²) in [6, 6.07) is 0. The van der Waals surface area contributed by atoms with E-state index in [0.29, 0.717) is 0 Å². The third-order valence-electron chi connectivity index (χ3n) is 4.53. The summed E-state index contributed by atoms with van der Waals surface area (Å²) in [4.78, 5) is 0. The molecule has 1 heterocycles. The van der Waals surface area contributed by atoms with E-state index in [4.69, 9.17) is 9.47 Å². The maximum absolute atomic E-state index is 5.80. The van der Waals surface area contributed by atoms with Gasteiger partial charge in [-0.15, -0.1) is 0 Å². The lowest BCUT2D eigenvalue weighted by atomic mass is 9.68. The van der Waals surface area contributed by atoms with E-state index in [1.165, 1.54) is 25.7 Å². The lowest BCUT2D eigenvalue weighted by Gasteiger charge is -2.44. The average Bonchev–Trinajstić information content (AvgIpc) is 2.31. The first-order chi connectivity index (χ1) is 7.64. The first-order valence-corrected chi connectivity index (χ1v) is 6.87. The third-order valence-corrected chi connectivity index (χ3v) is 4.53. The quantitative estimate of drug-likeness (QED) is 0.716. The molecule has 2 aliphatic rings. The summed E-state index contributed by atoms with van der Waals surface area (Å²) in [6.45, 7) is 8.63. The maximum atomic E-state index is 5.80. The fourth-order valence-corrected chi connectivity index (χ4v) is 3.08. The summed E-state index contributed by atoms with van der Waals surface area (Å²) >= 11 is 0. The summed E-state index contributed by atoms with van der Waals surface area (Å²) in [7, 11) is 0. The predicted molar refractivity (Wildman–Crippen MR) is 65.2 cm³/mol. The highest BCUT2D eigenvalue weighted by Crippen LogP contribution is 2.42. The second kappa shape index (κ2) is 5.05. The fraction of sp³-hybridized carbons (Fsp3) is 1.00. The van der Waals surface area contributed by atoms with E-state index in [-0.39, 0.29) is 11.7 Å². The van der Waals surface area contributed by atoms with Crippen molar-refractivity contribution in [1.29, 1.82) is 0 Å². The molecule has 1 saturated heterocycles. The van der Waals surface area contributed by atoms with Crippen LogP contribution in [0.1, 0.15) is 52.9 Å². The highest BCUT2D eigenvalue weighted by molar-refractivity contribution is 4.87. The van der Waals surface area contributed by atoms with Crippen molar-refractivity contribution in [3.63, 3.8) is 0 Å². The molecule has 0 unspecified atom stereocenters. The van der Waals surface area contributed by atoms with E-state index in [1.54, 1.807) is 0 Å². The maximum Gasteiger partial charge on any atom is 0.157 e. The van der Waals surface area contributed by atoms with Gasteiger partial charge in [0.2, 0.25) is 0 Å². The fourth-order valence-electron chi connectivity index (χ4n) is 3.08. The van der Waals surface area contributed by atoms with Gasteiger partial charge in [-0.1, -0.05) is 33.6 Å². The Morgan fingerprint density at radius 1 is 1.06 bits per heavy atom. The smallest absolute Gasteiger partial charge is 0.157 e. The Bertz CT molecular complexity index is 211. The van der Waals surface area contributed by atoms with Crippen LogP contribution >= 0.6 is 0 Å². The second-order valence-corrected chi connectivity index (χ2v) is 6.07. The molecule has 0 aromatic carbocycles. The molecule has 0 N–H and O–H groups in total. The van der Waals surface area contributed by atoms with Crippen molar-refractivity contribution >= 4 is 0 Å². The molecule has 0 bridgehead atoms. The van der Waals surface area contributed by atoms with Gasteiger partial charge >= 0.3 is 0 Å². The van der Waals surface area contributed by atoms with Crippen LogP contribution in [0.2, 0.25) is 0 Å². The zero-order valence-electron chi connectivity index (χ0n) is 11.0. The molecule has 1 saturated carbocycles. The van der Waals surface area contributed by atoms with E-state index in [2.05, 4.69) is 20.8 Å². The van der Waals surface area contributed by atoms with Crippen LogP contribution in [-0.4, -0.2) is 19.5 Å². The lowest BCUT2D eigenvalue weighted by molar-refractivity contribution is -0.239. The van der Waals surface area contributed by atoms with Gasteiger partial charge in [0.05, 0.1) is 13.2 Å². The molecule has 0 amide bonds. The van der Waals surface area contributed by atoms with Crippen molar-refractivity contribution in [3.8, 4) is 0 Å². The average molecular weight is 226 g/mol. The van der Waals surface area contributed by atoms with Crippen molar-refractivity contribution in [2.75, 3.05) is 13.2 Å². The highest BCUT2D eigenvalue weighted by Gasteiger charge is 2.40. The van der Waals surface area contributed by atoms with Crippen molar-refractivity contribution in [2.45, 2.75) is 59.2 Å². The van der Waals surface area contributed by atoms with Crippen molar-refractivity contribution in [2.24, 2.45) is 17.3 Å². The van der Waals surface area contributed by atoms with Gasteiger partial charge in [0.25, 0.3) is 0 Å². The largest absolute Gasteiger partial charge is 0.352 e. The molecular formula is C14H26O2. The first-order valence-electron chi connectivity index (χ1n) is 6.87. The Kier molecular flexibility index (Phi) is 3.91. The minimum atomic E-state index is 0.0515. The Labute approximate surface area is 99.7 Å². The standard InChI is InChI=1S/C14H26O2/c1-4-13-15-9-14(3,10-16-13)12-7-5-11(2)6-8-12/h11-13H,4-10H2,1-3H3/t11?,12?,13-,14+. The van der Waals surface area contributed by atoms with Crippen LogP contribution < -0.4 is 0 Å². The lowest BCUT2D eigenvalue weighted by Crippen LogP contribution is -2.45. The van der Waals surface area contributed by atoms with Crippen LogP contribution in [0.4, 0.5) is 0 Å². The van der Waals surface area contributed by atoms with E-state index in [1.807, 2.05) is 0 Å². The van der Waals surface area contributed by atoms with Crippen LogP contribution in [0.5, 0.6) is 0 Å². The topological polar surface area (TPSA) is 18.5 Å². The van der Waals surface area contributed by atoms with Gasteiger partial charge in [-0.25, -0.2) is 0 Å². The van der Waals surface area contributed by atoms with Gasteiger partial charge in [-0.2, -0.15) is 0 Å². The molecule has 0 radical (unpaired) electrons. The molecule has 2 nitrogen and oxygen atoms in total. The molecule has 2 rings (SSSR count). The molecule has 1 aliphatic carbocycles. The zero-order chi connectivity index (χ0) is 11.6. The normalized spacial score (nSPS) is 45.6. The molecule has 2 fully saturated rings. The van der Waals surface area contributed by atoms with Gasteiger partial charge in [0.15, 0.2) is 6.29 Å². The Morgan fingerprint density at radius 2 is 1.62 bits per heavy atom. The molecule has 0 aromatic rings. The van der Waals surface area contributed by atoms with Crippen molar-refractivity contribution < 1.29 is 9.47 Å². The van der Waals surface area contributed by atoms with Gasteiger partial charge in [0, 0.05) is 5.41 Å². The van der Waals surface area contributed by atoms with Crippen LogP contribution in [0.25, 0.3) is 0 Å². The SMILES string of the molecule is CC[C@H]1OC[C@@](C)(C2CCC(C)CC2)CO1. The van der Waals surface area contributed by atoms with E-state index < -0.39 is 0 Å². The third kappa shape index (κ3) is 2.60. The molecular weight excluding hydrogens is 200 g/mol. The first kappa shape index (κ1) is 12.4. The number of rotatable bonds is 2. The van der Waals surface area contributed by atoms with Crippen LogP contribution in [0, 0.1) is 17.3 Å². The van der Waals surface area contributed by atoms with Crippen molar-refractivity contribution in [3.05, 3.63) is 0 Å². The molecule has 0 spiro atoms. The predicted octanol–water partition coefficient (Wildman–Crippen LogP) is 3.60. The minimum absolute atomic E-state index is 0.0515. The van der Waals surface area contributed by atoms with E-state index in [9.17, 15) is 0 Å². The van der Waals surface area contributed by atoms with Gasteiger partial charge in [-0.3, -0.25) is 0 Å². The Morgan fingerprint density at radius 3 is 2.12 bits per heavy atom. The minimum Gasteiger partial charge on any atom is -0.352 e. The van der Waals surface area contributed by atoms with Crippen LogP contribution in [0.15, 0.2) is 0 Å².